The molecule has 2 atom stereocenters. The maximum atomic E-state index is 14.9. The molecule has 2 aromatic carbocycles. The monoisotopic (exact) mass is 436 g/mol. The maximum absolute atomic E-state index is 14.9. The van der Waals surface area contributed by atoms with Crippen LogP contribution >= 0.6 is 0 Å². The molecule has 1 aliphatic rings. The first-order valence-corrected chi connectivity index (χ1v) is 11.2. The number of rotatable bonds is 10. The summed E-state index contributed by atoms with van der Waals surface area (Å²) in [5, 5.41) is 0. The van der Waals surface area contributed by atoms with Gasteiger partial charge in [0, 0.05) is 29.4 Å². The highest BCUT2D eigenvalue weighted by Gasteiger charge is 2.28. The van der Waals surface area contributed by atoms with Crippen LogP contribution in [0.2, 0.25) is 0 Å². The first-order chi connectivity index (χ1) is 15.0. The van der Waals surface area contributed by atoms with Crippen molar-refractivity contribution in [2.75, 3.05) is 19.8 Å². The van der Waals surface area contributed by atoms with E-state index in [1.165, 1.54) is 24.3 Å². The number of ether oxygens (including phenoxy) is 3. The molecule has 2 aromatic rings. The first-order valence-electron chi connectivity index (χ1n) is 11.2. The van der Waals surface area contributed by atoms with Crippen molar-refractivity contribution in [2.24, 2.45) is 0 Å². The molecule has 6 heteroatoms. The molecule has 0 spiro atoms. The standard InChI is InChI=1S/C25H31F3O3/c1-3-5-13-29-17-7-9-19(22(26)15-17)20-10-11-21(25(28)24(20)27)23-12-8-18(16-31-23)30-14-6-4-2/h7,9-11,15,18,23H,3-6,8,12-14,16H2,1-2H3. The second-order valence-electron chi connectivity index (χ2n) is 7.92. The van der Waals surface area contributed by atoms with Crippen molar-refractivity contribution >= 4 is 0 Å². The minimum Gasteiger partial charge on any atom is -0.493 e. The van der Waals surface area contributed by atoms with E-state index in [1.807, 2.05) is 6.92 Å². The van der Waals surface area contributed by atoms with Gasteiger partial charge in [-0.05, 0) is 37.8 Å². The molecule has 1 aliphatic heterocycles. The van der Waals surface area contributed by atoms with Gasteiger partial charge in [0.2, 0.25) is 0 Å². The van der Waals surface area contributed by atoms with Crippen molar-refractivity contribution in [1.29, 1.82) is 0 Å². The molecule has 0 saturated carbocycles. The van der Waals surface area contributed by atoms with E-state index < -0.39 is 23.6 Å². The lowest BCUT2D eigenvalue weighted by atomic mass is 9.96. The van der Waals surface area contributed by atoms with Crippen LogP contribution in [0.5, 0.6) is 5.75 Å². The third-order valence-corrected chi connectivity index (χ3v) is 5.54. The van der Waals surface area contributed by atoms with Crippen LogP contribution in [0.15, 0.2) is 30.3 Å². The molecule has 1 saturated heterocycles. The Hall–Kier alpha value is -2.05. The lowest BCUT2D eigenvalue weighted by Crippen LogP contribution is -2.28. The third-order valence-electron chi connectivity index (χ3n) is 5.54. The largest absolute Gasteiger partial charge is 0.493 e. The van der Waals surface area contributed by atoms with Crippen LogP contribution in [0, 0.1) is 17.5 Å². The van der Waals surface area contributed by atoms with Crippen molar-refractivity contribution in [3.05, 3.63) is 53.3 Å². The Morgan fingerprint density at radius 1 is 0.903 bits per heavy atom. The molecule has 0 bridgehead atoms. The Bertz CT molecular complexity index is 848. The van der Waals surface area contributed by atoms with Crippen molar-refractivity contribution in [3.63, 3.8) is 0 Å². The molecule has 3 nitrogen and oxygen atoms in total. The molecule has 3 rings (SSSR count). The number of unbranched alkanes of at least 4 members (excludes halogenated alkanes) is 2. The van der Waals surface area contributed by atoms with Crippen molar-refractivity contribution in [2.45, 2.75) is 64.6 Å². The van der Waals surface area contributed by atoms with E-state index in [-0.39, 0.29) is 22.8 Å². The summed E-state index contributed by atoms with van der Waals surface area (Å²) < 4.78 is 61.3. The normalized spacial score (nSPS) is 18.9. The van der Waals surface area contributed by atoms with Crippen LogP contribution in [-0.2, 0) is 9.47 Å². The van der Waals surface area contributed by atoms with E-state index in [1.54, 1.807) is 6.07 Å². The predicted octanol–water partition coefficient (Wildman–Crippen LogP) is 6.99. The second kappa shape index (κ2) is 11.5. The van der Waals surface area contributed by atoms with Gasteiger partial charge < -0.3 is 14.2 Å². The highest BCUT2D eigenvalue weighted by molar-refractivity contribution is 5.66. The van der Waals surface area contributed by atoms with Gasteiger partial charge in [-0.15, -0.1) is 0 Å². The van der Waals surface area contributed by atoms with E-state index in [2.05, 4.69) is 6.92 Å². The SMILES string of the molecule is CCCCOc1ccc(-c2ccc(C3CCC(OCCCC)CO3)c(F)c2F)c(F)c1. The number of hydrogen-bond donors (Lipinski definition) is 0. The van der Waals surface area contributed by atoms with Gasteiger partial charge in [-0.1, -0.05) is 38.8 Å². The van der Waals surface area contributed by atoms with Crippen molar-refractivity contribution < 1.29 is 27.4 Å². The quantitative estimate of drug-likeness (QED) is 0.376. The van der Waals surface area contributed by atoms with E-state index in [0.29, 0.717) is 32.0 Å². The summed E-state index contributed by atoms with van der Waals surface area (Å²) in [6, 6.07) is 7.10. The molecular formula is C25H31F3O3. The number of halogens is 3. The molecule has 1 fully saturated rings. The Kier molecular flexibility index (Phi) is 8.79. The van der Waals surface area contributed by atoms with Gasteiger partial charge in [0.25, 0.3) is 0 Å². The fraction of sp³-hybridized carbons (Fsp3) is 0.520. The minimum atomic E-state index is -1.07. The average Bonchev–Trinajstić information content (AvgIpc) is 2.77. The van der Waals surface area contributed by atoms with Crippen LogP contribution in [0.3, 0.4) is 0 Å². The van der Waals surface area contributed by atoms with E-state index >= 15 is 0 Å². The second-order valence-corrected chi connectivity index (χ2v) is 7.92. The summed E-state index contributed by atoms with van der Waals surface area (Å²) in [6.07, 6.45) is 4.60. The van der Waals surface area contributed by atoms with Gasteiger partial charge in [-0.2, -0.15) is 0 Å². The zero-order valence-electron chi connectivity index (χ0n) is 18.3. The highest BCUT2D eigenvalue weighted by Crippen LogP contribution is 2.36. The van der Waals surface area contributed by atoms with Crippen LogP contribution in [0.1, 0.15) is 64.0 Å². The molecule has 170 valence electrons. The van der Waals surface area contributed by atoms with Crippen LogP contribution in [0.4, 0.5) is 13.2 Å². The van der Waals surface area contributed by atoms with Crippen molar-refractivity contribution in [3.8, 4) is 16.9 Å². The smallest absolute Gasteiger partial charge is 0.167 e. The van der Waals surface area contributed by atoms with Gasteiger partial charge in [0.1, 0.15) is 11.6 Å². The molecule has 0 N–H and O–H groups in total. The van der Waals surface area contributed by atoms with Gasteiger partial charge in [-0.3, -0.25) is 0 Å². The van der Waals surface area contributed by atoms with E-state index in [0.717, 1.165) is 32.1 Å². The maximum Gasteiger partial charge on any atom is 0.167 e. The Labute approximate surface area is 182 Å². The summed E-state index contributed by atoms with van der Waals surface area (Å²) in [4.78, 5) is 0. The van der Waals surface area contributed by atoms with E-state index in [4.69, 9.17) is 14.2 Å². The Morgan fingerprint density at radius 3 is 2.32 bits per heavy atom. The average molecular weight is 437 g/mol. The topological polar surface area (TPSA) is 27.7 Å². The molecule has 1 heterocycles. The lowest BCUT2D eigenvalue weighted by Gasteiger charge is -2.29. The third kappa shape index (κ3) is 6.01. The zero-order valence-corrected chi connectivity index (χ0v) is 18.3. The number of benzene rings is 2. The molecule has 2 unspecified atom stereocenters. The van der Waals surface area contributed by atoms with Gasteiger partial charge >= 0.3 is 0 Å². The molecule has 0 radical (unpaired) electrons. The van der Waals surface area contributed by atoms with Gasteiger partial charge in [-0.25, -0.2) is 13.2 Å². The minimum absolute atomic E-state index is 0.000239. The number of hydrogen-bond acceptors (Lipinski definition) is 3. The zero-order chi connectivity index (χ0) is 22.2. The van der Waals surface area contributed by atoms with Gasteiger partial charge in [0.05, 0.1) is 25.4 Å². The van der Waals surface area contributed by atoms with Gasteiger partial charge in [0.15, 0.2) is 11.6 Å². The molecule has 31 heavy (non-hydrogen) atoms. The van der Waals surface area contributed by atoms with Crippen LogP contribution < -0.4 is 4.74 Å². The predicted molar refractivity (Wildman–Crippen MR) is 115 cm³/mol. The summed E-state index contributed by atoms with van der Waals surface area (Å²) >= 11 is 0. The fourth-order valence-electron chi connectivity index (χ4n) is 3.66. The summed E-state index contributed by atoms with van der Waals surface area (Å²) in [5.41, 5.74) is 0.0448. The first kappa shape index (κ1) is 23.6. The fourth-order valence-corrected chi connectivity index (χ4v) is 3.66. The molecule has 0 aliphatic carbocycles. The summed E-state index contributed by atoms with van der Waals surface area (Å²) in [5.74, 6) is -2.34. The highest BCUT2D eigenvalue weighted by atomic mass is 19.2. The Morgan fingerprint density at radius 2 is 1.65 bits per heavy atom. The summed E-state index contributed by atoms with van der Waals surface area (Å²) in [7, 11) is 0. The molecular weight excluding hydrogens is 405 g/mol. The summed E-state index contributed by atoms with van der Waals surface area (Å²) in [6.45, 7) is 5.65. The van der Waals surface area contributed by atoms with E-state index in [9.17, 15) is 13.2 Å². The Balaban J connectivity index is 1.70. The van der Waals surface area contributed by atoms with Crippen molar-refractivity contribution in [1.82, 2.24) is 0 Å². The molecule has 0 aromatic heterocycles. The lowest BCUT2D eigenvalue weighted by molar-refractivity contribution is -0.0881. The molecule has 0 amide bonds. The van der Waals surface area contributed by atoms with Crippen LogP contribution in [-0.4, -0.2) is 25.9 Å². The van der Waals surface area contributed by atoms with Crippen LogP contribution in [0.25, 0.3) is 11.1 Å².